The quantitative estimate of drug-likeness (QED) is 0.905. The Kier molecular flexibility index (Phi) is 3.88. The summed E-state index contributed by atoms with van der Waals surface area (Å²) in [7, 11) is 0. The molecule has 6 heteroatoms. The highest BCUT2D eigenvalue weighted by atomic mass is 19.4. The van der Waals surface area contributed by atoms with Gasteiger partial charge in [0.05, 0.1) is 0 Å². The second kappa shape index (κ2) is 5.47. The standard InChI is InChI=1S/C15H12F3NO2/c16-15(17,18)14(13(20)21,11-7-3-1-4-8-11)19-12-9-5-2-6-10-12/h1-10,19H,(H,20,21). The normalized spacial score (nSPS) is 14.2. The fraction of sp³-hybridized carbons (Fsp3) is 0.133. The van der Waals surface area contributed by atoms with E-state index in [2.05, 4.69) is 5.32 Å². The monoisotopic (exact) mass is 295 g/mol. The summed E-state index contributed by atoms with van der Waals surface area (Å²) in [4.78, 5) is 11.5. The summed E-state index contributed by atoms with van der Waals surface area (Å²) in [5.74, 6) is -2.01. The van der Waals surface area contributed by atoms with E-state index in [0.717, 1.165) is 12.1 Å². The van der Waals surface area contributed by atoms with Crippen LogP contribution in [0.5, 0.6) is 0 Å². The van der Waals surface area contributed by atoms with Crippen LogP contribution in [0.15, 0.2) is 60.7 Å². The van der Waals surface area contributed by atoms with Crippen molar-refractivity contribution in [3.05, 3.63) is 66.2 Å². The lowest BCUT2D eigenvalue weighted by Gasteiger charge is -2.33. The third-order valence-electron chi connectivity index (χ3n) is 3.06. The maximum absolute atomic E-state index is 13.6. The molecular formula is C15H12F3NO2. The number of benzene rings is 2. The van der Waals surface area contributed by atoms with Crippen LogP contribution in [0.2, 0.25) is 0 Å². The van der Waals surface area contributed by atoms with Gasteiger partial charge in [0.15, 0.2) is 0 Å². The van der Waals surface area contributed by atoms with E-state index < -0.39 is 17.7 Å². The lowest BCUT2D eigenvalue weighted by atomic mass is 9.88. The van der Waals surface area contributed by atoms with Crippen molar-refractivity contribution in [1.82, 2.24) is 0 Å². The highest BCUT2D eigenvalue weighted by Crippen LogP contribution is 2.42. The number of carboxylic acid groups (broad SMARTS) is 1. The van der Waals surface area contributed by atoms with Crippen molar-refractivity contribution in [2.24, 2.45) is 0 Å². The third kappa shape index (κ3) is 2.69. The highest BCUT2D eigenvalue weighted by molar-refractivity contribution is 5.86. The Hall–Kier alpha value is -2.50. The molecule has 0 aliphatic heterocycles. The minimum atomic E-state index is -5.02. The molecule has 0 spiro atoms. The Morgan fingerprint density at radius 3 is 1.81 bits per heavy atom. The second-order valence-electron chi connectivity index (χ2n) is 4.41. The number of rotatable bonds is 4. The lowest BCUT2D eigenvalue weighted by molar-refractivity contribution is -0.199. The Morgan fingerprint density at radius 1 is 0.905 bits per heavy atom. The van der Waals surface area contributed by atoms with Gasteiger partial charge in [-0.05, 0) is 17.7 Å². The van der Waals surface area contributed by atoms with E-state index in [-0.39, 0.29) is 11.3 Å². The van der Waals surface area contributed by atoms with Crippen LogP contribution in [0.1, 0.15) is 5.56 Å². The van der Waals surface area contributed by atoms with E-state index in [1.165, 1.54) is 42.5 Å². The van der Waals surface area contributed by atoms with Gasteiger partial charge in [0.2, 0.25) is 0 Å². The summed E-state index contributed by atoms with van der Waals surface area (Å²) in [5.41, 5.74) is -3.51. The van der Waals surface area contributed by atoms with Gasteiger partial charge in [-0.3, -0.25) is 0 Å². The number of alkyl halides is 3. The zero-order valence-electron chi connectivity index (χ0n) is 10.8. The number of carboxylic acids is 1. The molecule has 1 atom stereocenters. The molecule has 0 aliphatic rings. The van der Waals surface area contributed by atoms with E-state index in [0.29, 0.717) is 0 Å². The molecule has 0 aromatic heterocycles. The van der Waals surface area contributed by atoms with E-state index in [9.17, 15) is 23.1 Å². The molecule has 0 aliphatic carbocycles. The average Bonchev–Trinajstić information content (AvgIpc) is 2.45. The number of para-hydroxylation sites is 1. The fourth-order valence-electron chi connectivity index (χ4n) is 2.03. The maximum Gasteiger partial charge on any atom is 0.426 e. The van der Waals surface area contributed by atoms with Crippen LogP contribution in [0.3, 0.4) is 0 Å². The molecule has 2 aromatic rings. The molecule has 0 amide bonds. The van der Waals surface area contributed by atoms with E-state index in [1.54, 1.807) is 6.07 Å². The summed E-state index contributed by atoms with van der Waals surface area (Å²) in [6.07, 6.45) is -5.02. The molecular weight excluding hydrogens is 283 g/mol. The Balaban J connectivity index is 2.60. The van der Waals surface area contributed by atoms with Crippen LogP contribution in [0, 0.1) is 0 Å². The summed E-state index contributed by atoms with van der Waals surface area (Å²) in [5, 5.41) is 11.4. The first-order valence-corrected chi connectivity index (χ1v) is 6.07. The number of anilines is 1. The first-order chi connectivity index (χ1) is 9.88. The SMILES string of the molecule is O=C(O)C(Nc1ccccc1)(c1ccccc1)C(F)(F)F. The molecule has 2 N–H and O–H groups in total. The predicted octanol–water partition coefficient (Wildman–Crippen LogP) is 3.64. The van der Waals surface area contributed by atoms with Gasteiger partial charge in [0, 0.05) is 5.69 Å². The average molecular weight is 295 g/mol. The number of carbonyl (C=O) groups is 1. The Labute approximate surface area is 119 Å². The molecule has 0 radical (unpaired) electrons. The van der Waals surface area contributed by atoms with Crippen molar-refractivity contribution in [2.75, 3.05) is 5.32 Å². The maximum atomic E-state index is 13.6. The smallest absolute Gasteiger partial charge is 0.426 e. The Morgan fingerprint density at radius 2 is 1.38 bits per heavy atom. The van der Waals surface area contributed by atoms with Crippen LogP contribution in [-0.4, -0.2) is 17.3 Å². The van der Waals surface area contributed by atoms with E-state index in [1.807, 2.05) is 0 Å². The minimum absolute atomic E-state index is 0.0704. The van der Waals surface area contributed by atoms with Crippen molar-refractivity contribution < 1.29 is 23.1 Å². The molecule has 2 aromatic carbocycles. The fourth-order valence-corrected chi connectivity index (χ4v) is 2.03. The van der Waals surface area contributed by atoms with E-state index in [4.69, 9.17) is 0 Å². The summed E-state index contributed by atoms with van der Waals surface area (Å²) in [6.45, 7) is 0. The van der Waals surface area contributed by atoms with E-state index >= 15 is 0 Å². The Bertz CT molecular complexity index is 614. The molecule has 3 nitrogen and oxygen atoms in total. The van der Waals surface area contributed by atoms with Crippen molar-refractivity contribution in [2.45, 2.75) is 11.7 Å². The minimum Gasteiger partial charge on any atom is -0.479 e. The number of hydrogen-bond donors (Lipinski definition) is 2. The zero-order chi connectivity index (χ0) is 15.5. The molecule has 0 fully saturated rings. The summed E-state index contributed by atoms with van der Waals surface area (Å²) in [6, 6.07) is 14.0. The van der Waals surface area contributed by atoms with Crippen molar-refractivity contribution in [3.8, 4) is 0 Å². The van der Waals surface area contributed by atoms with Gasteiger partial charge >= 0.3 is 12.1 Å². The lowest BCUT2D eigenvalue weighted by Crippen LogP contribution is -2.55. The van der Waals surface area contributed by atoms with Crippen molar-refractivity contribution >= 4 is 11.7 Å². The third-order valence-corrected chi connectivity index (χ3v) is 3.06. The van der Waals surface area contributed by atoms with Crippen molar-refractivity contribution in [3.63, 3.8) is 0 Å². The van der Waals surface area contributed by atoms with Crippen LogP contribution in [0.4, 0.5) is 18.9 Å². The van der Waals surface area contributed by atoms with Gasteiger partial charge in [0.25, 0.3) is 5.54 Å². The van der Waals surface area contributed by atoms with Gasteiger partial charge in [-0.1, -0.05) is 48.5 Å². The van der Waals surface area contributed by atoms with Gasteiger partial charge < -0.3 is 10.4 Å². The zero-order valence-corrected chi connectivity index (χ0v) is 10.8. The van der Waals surface area contributed by atoms with Gasteiger partial charge in [-0.15, -0.1) is 0 Å². The van der Waals surface area contributed by atoms with Crippen LogP contribution < -0.4 is 5.32 Å². The van der Waals surface area contributed by atoms with Gasteiger partial charge in [-0.25, -0.2) is 4.79 Å². The van der Waals surface area contributed by atoms with Crippen LogP contribution in [-0.2, 0) is 10.3 Å². The molecule has 0 heterocycles. The van der Waals surface area contributed by atoms with Crippen LogP contribution in [0.25, 0.3) is 0 Å². The predicted molar refractivity (Wildman–Crippen MR) is 71.9 cm³/mol. The number of aliphatic carboxylic acids is 1. The molecule has 21 heavy (non-hydrogen) atoms. The summed E-state index contributed by atoms with van der Waals surface area (Å²) >= 11 is 0. The first kappa shape index (κ1) is 14.9. The van der Waals surface area contributed by atoms with Gasteiger partial charge in [0.1, 0.15) is 0 Å². The number of nitrogens with one attached hydrogen (secondary N) is 1. The first-order valence-electron chi connectivity index (χ1n) is 6.07. The molecule has 0 bridgehead atoms. The number of hydrogen-bond acceptors (Lipinski definition) is 2. The molecule has 0 saturated carbocycles. The second-order valence-corrected chi connectivity index (χ2v) is 4.41. The molecule has 0 saturated heterocycles. The highest BCUT2D eigenvalue weighted by Gasteiger charge is 2.62. The van der Waals surface area contributed by atoms with Crippen molar-refractivity contribution in [1.29, 1.82) is 0 Å². The molecule has 1 unspecified atom stereocenters. The van der Waals surface area contributed by atoms with Crippen LogP contribution >= 0.6 is 0 Å². The molecule has 2 rings (SSSR count). The number of halogens is 3. The summed E-state index contributed by atoms with van der Waals surface area (Å²) < 4.78 is 40.7. The molecule has 110 valence electrons. The largest absolute Gasteiger partial charge is 0.479 e. The van der Waals surface area contributed by atoms with Gasteiger partial charge in [-0.2, -0.15) is 13.2 Å². The topological polar surface area (TPSA) is 49.3 Å².